The monoisotopic (exact) mass is 480 g/mol. The van der Waals surface area contributed by atoms with E-state index in [9.17, 15) is 13.2 Å². The smallest absolute Gasteiger partial charge is 0.252 e. The zero-order chi connectivity index (χ0) is 22.2. The van der Waals surface area contributed by atoms with E-state index in [1.807, 2.05) is 17.0 Å². The van der Waals surface area contributed by atoms with E-state index in [2.05, 4.69) is 4.99 Å². The number of rotatable bonds is 5. The number of ether oxygens (including phenoxy) is 2. The summed E-state index contributed by atoms with van der Waals surface area (Å²) in [5, 5.41) is 0.931. The second kappa shape index (κ2) is 8.72. The molecule has 31 heavy (non-hydrogen) atoms. The van der Waals surface area contributed by atoms with Gasteiger partial charge in [-0.3, -0.25) is 4.79 Å². The van der Waals surface area contributed by atoms with Crippen molar-refractivity contribution in [2.45, 2.75) is 17.7 Å². The van der Waals surface area contributed by atoms with Gasteiger partial charge in [0.05, 0.1) is 38.2 Å². The summed E-state index contributed by atoms with van der Waals surface area (Å²) in [7, 11) is -0.0363. The number of methoxy groups -OCH3 is 2. The average Bonchev–Trinajstić information content (AvgIpc) is 3.19. The van der Waals surface area contributed by atoms with E-state index in [1.165, 1.54) is 18.9 Å². The van der Waals surface area contributed by atoms with Crippen LogP contribution in [0.5, 0.6) is 11.5 Å². The lowest BCUT2D eigenvalue weighted by Crippen LogP contribution is -2.37. The normalized spacial score (nSPS) is 23.1. The van der Waals surface area contributed by atoms with E-state index in [0.29, 0.717) is 21.7 Å². The number of halogens is 1. The lowest BCUT2D eigenvalue weighted by Gasteiger charge is -2.24. The van der Waals surface area contributed by atoms with Gasteiger partial charge in [-0.25, -0.2) is 8.42 Å². The molecule has 2 heterocycles. The number of thioether (sulfide) groups is 1. The molecule has 2 aliphatic heterocycles. The van der Waals surface area contributed by atoms with Crippen LogP contribution in [0, 0.1) is 0 Å². The van der Waals surface area contributed by atoms with E-state index < -0.39 is 9.84 Å². The maximum absolute atomic E-state index is 12.8. The molecule has 164 valence electrons. The fourth-order valence-corrected chi connectivity index (χ4v) is 7.84. The van der Waals surface area contributed by atoms with Crippen molar-refractivity contribution < 1.29 is 22.7 Å². The molecular weight excluding hydrogens is 460 g/mol. The number of anilines is 1. The van der Waals surface area contributed by atoms with Crippen LogP contribution in [0.2, 0.25) is 5.02 Å². The summed E-state index contributed by atoms with van der Waals surface area (Å²) in [5.41, 5.74) is 1.51. The third-order valence-electron chi connectivity index (χ3n) is 5.20. The molecule has 0 aliphatic carbocycles. The van der Waals surface area contributed by atoms with E-state index >= 15 is 0 Å². The second-order valence-corrected chi connectivity index (χ2v) is 11.1. The predicted octanol–water partition coefficient (Wildman–Crippen LogP) is 3.20. The molecule has 0 saturated carbocycles. The highest BCUT2D eigenvalue weighted by Crippen LogP contribution is 2.41. The van der Waals surface area contributed by atoms with E-state index in [-0.39, 0.29) is 35.1 Å². The number of carbonyl (C=O) groups is 1. The summed E-state index contributed by atoms with van der Waals surface area (Å²) in [6.07, 6.45) is 0.0898. The van der Waals surface area contributed by atoms with Crippen molar-refractivity contribution >= 4 is 50.0 Å². The molecule has 0 spiro atoms. The Hall–Kier alpha value is -2.23. The zero-order valence-electron chi connectivity index (χ0n) is 16.9. The molecule has 2 aliphatic rings. The van der Waals surface area contributed by atoms with Gasteiger partial charge >= 0.3 is 0 Å². The Morgan fingerprint density at radius 3 is 2.52 bits per heavy atom. The standard InChI is InChI=1S/C21H21ClN2O5S2/c1-28-17-8-3-13(9-18(17)29-2)10-20(25)23-21-24(15-6-4-14(22)5-7-15)16-11-31(26,27)12-19(16)30-21/h3-9,16,19H,10-12H2,1-2H3/t16-,19-/m0/s1. The number of nitrogens with zero attached hydrogens (tertiary/aromatic N) is 2. The maximum atomic E-state index is 12.8. The summed E-state index contributed by atoms with van der Waals surface area (Å²) >= 11 is 7.35. The Labute approximate surface area is 190 Å². The maximum Gasteiger partial charge on any atom is 0.252 e. The number of benzene rings is 2. The highest BCUT2D eigenvalue weighted by atomic mass is 35.5. The third kappa shape index (κ3) is 4.68. The molecule has 4 rings (SSSR count). The van der Waals surface area contributed by atoms with E-state index in [4.69, 9.17) is 21.1 Å². The Morgan fingerprint density at radius 2 is 1.84 bits per heavy atom. The molecule has 2 atom stereocenters. The van der Waals surface area contributed by atoms with Crippen molar-refractivity contribution in [2.75, 3.05) is 30.6 Å². The van der Waals surface area contributed by atoms with E-state index in [0.717, 1.165) is 11.3 Å². The van der Waals surface area contributed by atoms with Crippen LogP contribution < -0.4 is 14.4 Å². The second-order valence-electron chi connectivity index (χ2n) is 7.30. The van der Waals surface area contributed by atoms with Crippen molar-refractivity contribution in [3.05, 3.63) is 53.1 Å². The highest BCUT2D eigenvalue weighted by molar-refractivity contribution is 8.16. The molecule has 2 aromatic carbocycles. The quantitative estimate of drug-likeness (QED) is 0.649. The summed E-state index contributed by atoms with van der Waals surface area (Å²) in [5.74, 6) is 0.917. The molecule has 2 saturated heterocycles. The molecule has 2 fully saturated rings. The van der Waals surface area contributed by atoms with Crippen LogP contribution in [0.15, 0.2) is 47.5 Å². The SMILES string of the molecule is COc1ccc(CC(=O)N=C2S[C@H]3CS(=O)(=O)C[C@@H]3N2c2ccc(Cl)cc2)cc1OC. The third-order valence-corrected chi connectivity index (χ3v) is 8.66. The minimum atomic E-state index is -3.12. The lowest BCUT2D eigenvalue weighted by molar-refractivity contribution is -0.117. The molecule has 0 bridgehead atoms. The fraction of sp³-hybridized carbons (Fsp3) is 0.333. The first kappa shape index (κ1) is 22.0. The Balaban J connectivity index is 1.60. The molecule has 2 aromatic rings. The average molecular weight is 481 g/mol. The van der Waals surface area contributed by atoms with E-state index in [1.54, 1.807) is 37.4 Å². The van der Waals surface area contributed by atoms with Gasteiger partial charge in [0, 0.05) is 16.0 Å². The van der Waals surface area contributed by atoms with Crippen molar-refractivity contribution in [1.29, 1.82) is 0 Å². The van der Waals surface area contributed by atoms with Crippen LogP contribution in [-0.4, -0.2) is 56.5 Å². The van der Waals surface area contributed by atoms with Gasteiger partial charge in [0.25, 0.3) is 5.91 Å². The summed E-state index contributed by atoms with van der Waals surface area (Å²) in [4.78, 5) is 19.0. The van der Waals surface area contributed by atoms with Gasteiger partial charge in [-0.05, 0) is 42.0 Å². The highest BCUT2D eigenvalue weighted by Gasteiger charge is 2.49. The Bertz CT molecular complexity index is 1130. The molecule has 1 amide bonds. The molecule has 0 N–H and O–H groups in total. The van der Waals surface area contributed by atoms with Gasteiger partial charge < -0.3 is 14.4 Å². The fourth-order valence-electron chi connectivity index (χ4n) is 3.78. The number of carbonyl (C=O) groups excluding carboxylic acids is 1. The first-order chi connectivity index (χ1) is 14.8. The van der Waals surface area contributed by atoms with Crippen LogP contribution in [0.4, 0.5) is 5.69 Å². The van der Waals surface area contributed by atoms with Gasteiger partial charge in [0.15, 0.2) is 26.5 Å². The summed E-state index contributed by atoms with van der Waals surface area (Å²) in [6, 6.07) is 12.1. The first-order valence-electron chi connectivity index (χ1n) is 9.54. The molecule has 0 unspecified atom stereocenters. The zero-order valence-corrected chi connectivity index (χ0v) is 19.3. The lowest BCUT2D eigenvalue weighted by atomic mass is 10.1. The van der Waals surface area contributed by atoms with Crippen LogP contribution >= 0.6 is 23.4 Å². The number of amidine groups is 1. The number of amides is 1. The summed E-state index contributed by atoms with van der Waals surface area (Å²) in [6.45, 7) is 0. The molecule has 0 radical (unpaired) electrons. The van der Waals surface area contributed by atoms with Crippen molar-refractivity contribution in [2.24, 2.45) is 4.99 Å². The number of sulfone groups is 1. The Kier molecular flexibility index (Phi) is 6.18. The number of hydrogen-bond donors (Lipinski definition) is 0. The van der Waals surface area contributed by atoms with Gasteiger partial charge in [0.1, 0.15) is 0 Å². The minimum Gasteiger partial charge on any atom is -0.493 e. The minimum absolute atomic E-state index is 0.0379. The van der Waals surface area contributed by atoms with Gasteiger partial charge in [0.2, 0.25) is 0 Å². The van der Waals surface area contributed by atoms with Gasteiger partial charge in [-0.1, -0.05) is 29.4 Å². The van der Waals surface area contributed by atoms with Crippen LogP contribution in [0.3, 0.4) is 0 Å². The van der Waals surface area contributed by atoms with Crippen LogP contribution in [0.1, 0.15) is 5.56 Å². The van der Waals surface area contributed by atoms with Crippen molar-refractivity contribution in [3.63, 3.8) is 0 Å². The molecule has 7 nitrogen and oxygen atoms in total. The first-order valence-corrected chi connectivity index (χ1v) is 12.6. The molecule has 10 heteroatoms. The largest absolute Gasteiger partial charge is 0.493 e. The Morgan fingerprint density at radius 1 is 1.13 bits per heavy atom. The molecule has 0 aromatic heterocycles. The topological polar surface area (TPSA) is 85.3 Å². The van der Waals surface area contributed by atoms with Gasteiger partial charge in [-0.15, -0.1) is 0 Å². The number of hydrogen-bond acceptors (Lipinski definition) is 6. The summed E-state index contributed by atoms with van der Waals surface area (Å²) < 4.78 is 34.9. The number of fused-ring (bicyclic) bond motifs is 1. The molecular formula is C21H21ClN2O5S2. The van der Waals surface area contributed by atoms with Crippen molar-refractivity contribution in [3.8, 4) is 11.5 Å². The van der Waals surface area contributed by atoms with Crippen molar-refractivity contribution in [1.82, 2.24) is 0 Å². The predicted molar refractivity (Wildman–Crippen MR) is 123 cm³/mol. The van der Waals surface area contributed by atoms with Crippen LogP contribution in [-0.2, 0) is 21.1 Å². The van der Waals surface area contributed by atoms with Crippen LogP contribution in [0.25, 0.3) is 0 Å². The van der Waals surface area contributed by atoms with Gasteiger partial charge in [-0.2, -0.15) is 4.99 Å². The number of aliphatic imine (C=N–C) groups is 1.